The van der Waals surface area contributed by atoms with E-state index in [4.69, 9.17) is 9.73 Å². The summed E-state index contributed by atoms with van der Waals surface area (Å²) < 4.78 is 7.65. The smallest absolute Gasteiger partial charge is 0.243 e. The van der Waals surface area contributed by atoms with Crippen LogP contribution in [0, 0.1) is 0 Å². The lowest BCUT2D eigenvalue weighted by Gasteiger charge is -2.31. The average Bonchev–Trinajstić information content (AvgIpc) is 3.40. The fourth-order valence-corrected chi connectivity index (χ4v) is 4.04. The van der Waals surface area contributed by atoms with Gasteiger partial charge >= 0.3 is 0 Å². The number of aliphatic imine (C=N–C) groups is 1. The maximum absolute atomic E-state index is 12.2. The molecule has 0 aliphatic carbocycles. The number of aromatic nitrogens is 2. The number of para-hydroxylation sites is 1. The van der Waals surface area contributed by atoms with E-state index in [9.17, 15) is 4.79 Å². The Morgan fingerprint density at radius 3 is 2.93 bits per heavy atom. The van der Waals surface area contributed by atoms with Crippen LogP contribution < -0.4 is 10.1 Å². The zero-order chi connectivity index (χ0) is 21.1. The van der Waals surface area contributed by atoms with Gasteiger partial charge in [0.25, 0.3) is 0 Å². The van der Waals surface area contributed by atoms with Crippen LogP contribution in [0.25, 0.3) is 0 Å². The molecule has 0 spiro atoms. The molecular formula is C22H30N6O2. The highest BCUT2D eigenvalue weighted by Crippen LogP contribution is 2.32. The molecule has 3 heterocycles. The number of aryl methyl sites for hydroxylation is 1. The second-order valence-corrected chi connectivity index (χ2v) is 8.18. The summed E-state index contributed by atoms with van der Waals surface area (Å²) in [5.74, 6) is 2.11. The first-order valence-electron chi connectivity index (χ1n) is 10.5. The minimum absolute atomic E-state index is 0.00955. The Bertz CT molecular complexity index is 922. The van der Waals surface area contributed by atoms with Gasteiger partial charge in [-0.15, -0.1) is 0 Å². The molecule has 4 rings (SSSR count). The van der Waals surface area contributed by atoms with Crippen molar-refractivity contribution in [2.24, 2.45) is 12.0 Å². The number of nitrogens with one attached hydrogen (secondary N) is 1. The van der Waals surface area contributed by atoms with Gasteiger partial charge in [0.05, 0.1) is 18.8 Å². The highest BCUT2D eigenvalue weighted by Gasteiger charge is 2.30. The quantitative estimate of drug-likeness (QED) is 0.614. The predicted octanol–water partition coefficient (Wildman–Crippen LogP) is 1.77. The fourth-order valence-electron chi connectivity index (χ4n) is 4.04. The number of likely N-dealkylation sites (N-methyl/N-ethyl adjacent to an activating group) is 1. The Hall–Kier alpha value is -3.03. The highest BCUT2D eigenvalue weighted by molar-refractivity contribution is 5.85. The number of carbonyl (C=O) groups excluding carboxylic acids is 1. The van der Waals surface area contributed by atoms with Gasteiger partial charge in [-0.3, -0.25) is 9.48 Å². The van der Waals surface area contributed by atoms with Crippen LogP contribution in [0.15, 0.2) is 41.7 Å². The largest absolute Gasteiger partial charge is 0.493 e. The van der Waals surface area contributed by atoms with Crippen molar-refractivity contribution in [3.63, 3.8) is 0 Å². The summed E-state index contributed by atoms with van der Waals surface area (Å²) in [5.41, 5.74) is 2.39. The normalized spacial score (nSPS) is 21.2. The lowest BCUT2D eigenvalue weighted by Crippen LogP contribution is -2.43. The van der Waals surface area contributed by atoms with Gasteiger partial charge in [0.2, 0.25) is 5.91 Å². The first-order chi connectivity index (χ1) is 14.5. The maximum Gasteiger partial charge on any atom is 0.243 e. The number of rotatable bonds is 4. The zero-order valence-electron chi connectivity index (χ0n) is 17.9. The highest BCUT2D eigenvalue weighted by atomic mass is 16.5. The van der Waals surface area contributed by atoms with Crippen LogP contribution in [0.1, 0.15) is 35.9 Å². The standard InChI is InChI=1S/C22H30N6O2/c1-26(2)21(29)13-23-22(25-19-9-11-30-20-7-5-4-6-18(19)20)28-10-8-16(15-28)17-12-24-27(3)14-17/h4-7,12,14,16,19H,8-11,13,15H2,1-3H3,(H,23,25). The lowest BCUT2D eigenvalue weighted by molar-refractivity contribution is -0.127. The molecule has 0 saturated carbocycles. The summed E-state index contributed by atoms with van der Waals surface area (Å²) in [6.07, 6.45) is 5.93. The van der Waals surface area contributed by atoms with Crippen molar-refractivity contribution in [2.45, 2.75) is 24.8 Å². The van der Waals surface area contributed by atoms with E-state index in [-0.39, 0.29) is 18.5 Å². The predicted molar refractivity (Wildman–Crippen MR) is 116 cm³/mol. The molecule has 1 aromatic heterocycles. The minimum atomic E-state index is -0.00955. The molecule has 1 aromatic carbocycles. The molecule has 2 atom stereocenters. The SMILES string of the molecule is CN(C)C(=O)CN=C(NC1CCOc2ccccc21)N1CCC(c2cnn(C)c2)C1. The third kappa shape index (κ3) is 4.42. The number of hydrogen-bond acceptors (Lipinski definition) is 4. The first kappa shape index (κ1) is 20.3. The molecule has 1 N–H and O–H groups in total. The molecule has 8 nitrogen and oxygen atoms in total. The molecule has 8 heteroatoms. The molecule has 2 aromatic rings. The molecule has 1 amide bonds. The van der Waals surface area contributed by atoms with Crippen molar-refractivity contribution in [3.05, 3.63) is 47.8 Å². The molecule has 2 aliphatic rings. The summed E-state index contributed by atoms with van der Waals surface area (Å²) in [4.78, 5) is 20.7. The van der Waals surface area contributed by atoms with Gasteiger partial charge in [0.15, 0.2) is 5.96 Å². The number of hydrogen-bond donors (Lipinski definition) is 1. The van der Waals surface area contributed by atoms with Gasteiger partial charge < -0.3 is 19.9 Å². The minimum Gasteiger partial charge on any atom is -0.493 e. The third-order valence-electron chi connectivity index (χ3n) is 5.81. The van der Waals surface area contributed by atoms with E-state index >= 15 is 0 Å². The summed E-state index contributed by atoms with van der Waals surface area (Å²) in [6, 6.07) is 8.23. The van der Waals surface area contributed by atoms with Crippen molar-refractivity contribution in [1.29, 1.82) is 0 Å². The number of benzene rings is 1. The molecule has 30 heavy (non-hydrogen) atoms. The number of nitrogens with zero attached hydrogens (tertiary/aromatic N) is 5. The Balaban J connectivity index is 1.53. The molecule has 0 bridgehead atoms. The lowest BCUT2D eigenvalue weighted by atomic mass is 10.0. The molecule has 2 aliphatic heterocycles. The molecule has 2 unspecified atom stereocenters. The van der Waals surface area contributed by atoms with Gasteiger partial charge in [-0.1, -0.05) is 18.2 Å². The number of likely N-dealkylation sites (tertiary alicyclic amines) is 1. The van der Waals surface area contributed by atoms with E-state index in [2.05, 4.69) is 27.6 Å². The molecular weight excluding hydrogens is 380 g/mol. The summed E-state index contributed by atoms with van der Waals surface area (Å²) in [5, 5.41) is 7.95. The number of fused-ring (bicyclic) bond motifs is 1. The zero-order valence-corrected chi connectivity index (χ0v) is 17.9. The van der Waals surface area contributed by atoms with Crippen LogP contribution in [0.5, 0.6) is 5.75 Å². The van der Waals surface area contributed by atoms with Crippen molar-refractivity contribution in [1.82, 2.24) is 24.9 Å². The summed E-state index contributed by atoms with van der Waals surface area (Å²) in [6.45, 7) is 2.55. The van der Waals surface area contributed by atoms with Crippen LogP contribution in [0.3, 0.4) is 0 Å². The van der Waals surface area contributed by atoms with Crippen LogP contribution in [-0.2, 0) is 11.8 Å². The molecule has 160 valence electrons. The van der Waals surface area contributed by atoms with Crippen molar-refractivity contribution in [3.8, 4) is 5.75 Å². The Morgan fingerprint density at radius 1 is 1.33 bits per heavy atom. The van der Waals surface area contributed by atoms with E-state index in [1.807, 2.05) is 36.1 Å². The molecule has 0 radical (unpaired) electrons. The van der Waals surface area contributed by atoms with Gasteiger partial charge in [-0.05, 0) is 18.1 Å². The average molecular weight is 411 g/mol. The van der Waals surface area contributed by atoms with E-state index in [1.54, 1.807) is 19.0 Å². The van der Waals surface area contributed by atoms with E-state index in [1.165, 1.54) is 5.56 Å². The van der Waals surface area contributed by atoms with Gasteiger partial charge in [-0.25, -0.2) is 4.99 Å². The van der Waals surface area contributed by atoms with Gasteiger partial charge in [0, 0.05) is 58.3 Å². The topological polar surface area (TPSA) is 75.0 Å². The number of amides is 1. The van der Waals surface area contributed by atoms with E-state index in [0.29, 0.717) is 12.5 Å². The third-order valence-corrected chi connectivity index (χ3v) is 5.81. The first-order valence-corrected chi connectivity index (χ1v) is 10.5. The second-order valence-electron chi connectivity index (χ2n) is 8.18. The van der Waals surface area contributed by atoms with Crippen molar-refractivity contribution >= 4 is 11.9 Å². The maximum atomic E-state index is 12.2. The Labute approximate surface area is 177 Å². The van der Waals surface area contributed by atoms with Crippen LogP contribution >= 0.6 is 0 Å². The van der Waals surface area contributed by atoms with Crippen molar-refractivity contribution < 1.29 is 9.53 Å². The Kier molecular flexibility index (Phi) is 5.92. The van der Waals surface area contributed by atoms with Crippen LogP contribution in [-0.4, -0.2) is 71.8 Å². The molecule has 1 fully saturated rings. The summed E-state index contributed by atoms with van der Waals surface area (Å²) >= 11 is 0. The Morgan fingerprint density at radius 2 is 2.17 bits per heavy atom. The number of ether oxygens (including phenoxy) is 1. The van der Waals surface area contributed by atoms with E-state index in [0.717, 1.165) is 43.2 Å². The van der Waals surface area contributed by atoms with Gasteiger partial charge in [-0.2, -0.15) is 5.10 Å². The number of carbonyl (C=O) groups is 1. The van der Waals surface area contributed by atoms with Gasteiger partial charge in [0.1, 0.15) is 12.3 Å². The number of guanidine groups is 1. The van der Waals surface area contributed by atoms with Crippen LogP contribution in [0.2, 0.25) is 0 Å². The van der Waals surface area contributed by atoms with E-state index < -0.39 is 0 Å². The van der Waals surface area contributed by atoms with Crippen LogP contribution in [0.4, 0.5) is 0 Å². The summed E-state index contributed by atoms with van der Waals surface area (Å²) in [7, 11) is 5.46. The molecule has 1 saturated heterocycles. The fraction of sp³-hybridized carbons (Fsp3) is 0.500. The monoisotopic (exact) mass is 410 g/mol. The van der Waals surface area contributed by atoms with Crippen molar-refractivity contribution in [2.75, 3.05) is 40.3 Å². The second kappa shape index (κ2) is 8.77.